The number of amides is 2. The van der Waals surface area contributed by atoms with Crippen LogP contribution in [0.1, 0.15) is 27.0 Å². The number of hydrogen-bond acceptors (Lipinski definition) is 3. The van der Waals surface area contributed by atoms with Gasteiger partial charge < -0.3 is 4.74 Å². The highest BCUT2D eigenvalue weighted by atomic mass is 16.5. The predicted octanol–water partition coefficient (Wildman–Crippen LogP) is 2.45. The molecular formula is C18H20N2O3. The Morgan fingerprint density at radius 1 is 0.957 bits per heavy atom. The van der Waals surface area contributed by atoms with Gasteiger partial charge in [-0.05, 0) is 44.5 Å². The first kappa shape index (κ1) is 16.5. The fourth-order valence-electron chi connectivity index (χ4n) is 2.13. The van der Waals surface area contributed by atoms with Gasteiger partial charge in [-0.3, -0.25) is 20.4 Å². The molecule has 0 aromatic heterocycles. The molecule has 0 unspecified atom stereocenters. The van der Waals surface area contributed by atoms with Crippen LogP contribution in [0.15, 0.2) is 42.5 Å². The van der Waals surface area contributed by atoms with Gasteiger partial charge in [-0.1, -0.05) is 35.4 Å². The maximum atomic E-state index is 11.9. The zero-order valence-electron chi connectivity index (χ0n) is 13.5. The van der Waals surface area contributed by atoms with Crippen LogP contribution in [0.25, 0.3) is 0 Å². The molecule has 0 atom stereocenters. The first-order valence-corrected chi connectivity index (χ1v) is 7.31. The Morgan fingerprint density at radius 3 is 2.39 bits per heavy atom. The molecule has 120 valence electrons. The molecule has 0 spiro atoms. The highest BCUT2D eigenvalue weighted by molar-refractivity contribution is 5.95. The standard InChI is InChI=1S/C18H20N2O3/c1-12-5-4-6-15(10-12)18(22)20-19-17(21)11-23-16-8-7-13(2)9-14(16)3/h4-10H,11H2,1-3H3,(H,19,21)(H,20,22). The summed E-state index contributed by atoms with van der Waals surface area (Å²) >= 11 is 0. The van der Waals surface area contributed by atoms with Crippen molar-refractivity contribution in [3.05, 3.63) is 64.7 Å². The predicted molar refractivity (Wildman–Crippen MR) is 88.2 cm³/mol. The Labute approximate surface area is 135 Å². The van der Waals surface area contributed by atoms with E-state index in [4.69, 9.17) is 4.74 Å². The molecule has 2 N–H and O–H groups in total. The van der Waals surface area contributed by atoms with Gasteiger partial charge in [0.25, 0.3) is 11.8 Å². The summed E-state index contributed by atoms with van der Waals surface area (Å²) in [5.41, 5.74) is 8.26. The molecule has 23 heavy (non-hydrogen) atoms. The van der Waals surface area contributed by atoms with Gasteiger partial charge in [-0.2, -0.15) is 0 Å². The number of rotatable bonds is 4. The Balaban J connectivity index is 1.82. The second kappa shape index (κ2) is 7.45. The molecular weight excluding hydrogens is 292 g/mol. The van der Waals surface area contributed by atoms with Crippen LogP contribution in [0.2, 0.25) is 0 Å². The second-order valence-electron chi connectivity index (χ2n) is 5.43. The molecule has 5 heteroatoms. The molecule has 2 aromatic carbocycles. The number of hydrogen-bond donors (Lipinski definition) is 2. The second-order valence-corrected chi connectivity index (χ2v) is 5.43. The Kier molecular flexibility index (Phi) is 5.36. The molecule has 0 radical (unpaired) electrons. The van der Waals surface area contributed by atoms with Gasteiger partial charge in [-0.15, -0.1) is 0 Å². The van der Waals surface area contributed by atoms with Crippen molar-refractivity contribution in [1.29, 1.82) is 0 Å². The number of ether oxygens (including phenoxy) is 1. The minimum atomic E-state index is -0.425. The number of hydrazine groups is 1. The summed E-state index contributed by atoms with van der Waals surface area (Å²) in [6, 6.07) is 12.8. The maximum Gasteiger partial charge on any atom is 0.276 e. The zero-order chi connectivity index (χ0) is 16.8. The van der Waals surface area contributed by atoms with Crippen LogP contribution in [0.4, 0.5) is 0 Å². The van der Waals surface area contributed by atoms with Gasteiger partial charge in [0.15, 0.2) is 6.61 Å². The van der Waals surface area contributed by atoms with Gasteiger partial charge in [0, 0.05) is 5.56 Å². The first-order valence-electron chi connectivity index (χ1n) is 7.31. The lowest BCUT2D eigenvalue weighted by molar-refractivity contribution is -0.123. The number of carbonyl (C=O) groups is 2. The summed E-state index contributed by atoms with van der Waals surface area (Å²) < 4.78 is 5.45. The molecule has 0 bridgehead atoms. The van der Waals surface area contributed by atoms with Crippen molar-refractivity contribution in [2.45, 2.75) is 20.8 Å². The van der Waals surface area contributed by atoms with Crippen LogP contribution >= 0.6 is 0 Å². The van der Waals surface area contributed by atoms with Crippen LogP contribution in [-0.2, 0) is 4.79 Å². The molecule has 0 aliphatic carbocycles. The van der Waals surface area contributed by atoms with Crippen LogP contribution in [-0.4, -0.2) is 18.4 Å². The Bertz CT molecular complexity index is 726. The minimum Gasteiger partial charge on any atom is -0.483 e. The molecule has 0 heterocycles. The third kappa shape index (κ3) is 4.85. The van der Waals surface area contributed by atoms with Crippen molar-refractivity contribution in [2.75, 3.05) is 6.61 Å². The normalized spacial score (nSPS) is 10.0. The van der Waals surface area contributed by atoms with E-state index in [2.05, 4.69) is 10.9 Å². The monoisotopic (exact) mass is 312 g/mol. The van der Waals surface area contributed by atoms with Crippen molar-refractivity contribution < 1.29 is 14.3 Å². The van der Waals surface area contributed by atoms with Crippen molar-refractivity contribution in [1.82, 2.24) is 10.9 Å². The summed E-state index contributed by atoms with van der Waals surface area (Å²) in [7, 11) is 0. The summed E-state index contributed by atoms with van der Waals surface area (Å²) in [5.74, 6) is -0.143. The van der Waals surface area contributed by atoms with Gasteiger partial charge in [0.2, 0.25) is 0 Å². The zero-order valence-corrected chi connectivity index (χ0v) is 13.5. The molecule has 0 aliphatic heterocycles. The molecule has 0 fully saturated rings. The van der Waals surface area contributed by atoms with E-state index in [0.717, 1.165) is 16.7 Å². The highest BCUT2D eigenvalue weighted by Crippen LogP contribution is 2.18. The number of nitrogens with one attached hydrogen (secondary N) is 2. The van der Waals surface area contributed by atoms with Gasteiger partial charge >= 0.3 is 0 Å². The first-order chi connectivity index (χ1) is 11.0. The molecule has 0 saturated heterocycles. The van der Waals surface area contributed by atoms with E-state index in [1.54, 1.807) is 18.2 Å². The molecule has 2 aromatic rings. The molecule has 5 nitrogen and oxygen atoms in total. The van der Waals surface area contributed by atoms with E-state index in [0.29, 0.717) is 11.3 Å². The number of benzene rings is 2. The van der Waals surface area contributed by atoms with E-state index in [1.807, 2.05) is 45.0 Å². The average molecular weight is 312 g/mol. The Hall–Kier alpha value is -2.82. The number of carbonyl (C=O) groups excluding carboxylic acids is 2. The molecule has 2 rings (SSSR count). The van der Waals surface area contributed by atoms with Gasteiger partial charge in [-0.25, -0.2) is 0 Å². The lowest BCUT2D eigenvalue weighted by Crippen LogP contribution is -2.43. The SMILES string of the molecule is Cc1cccc(C(=O)NNC(=O)COc2ccc(C)cc2C)c1. The quantitative estimate of drug-likeness (QED) is 0.852. The largest absolute Gasteiger partial charge is 0.483 e. The van der Waals surface area contributed by atoms with Gasteiger partial charge in [0.1, 0.15) is 5.75 Å². The van der Waals surface area contributed by atoms with Crippen molar-refractivity contribution in [3.8, 4) is 5.75 Å². The van der Waals surface area contributed by atoms with Crippen LogP contribution in [0.3, 0.4) is 0 Å². The summed E-state index contributed by atoms with van der Waals surface area (Å²) in [4.78, 5) is 23.6. The molecule has 2 amide bonds. The third-order valence-corrected chi connectivity index (χ3v) is 3.28. The van der Waals surface area contributed by atoms with E-state index >= 15 is 0 Å². The molecule has 0 aliphatic rings. The lowest BCUT2D eigenvalue weighted by atomic mass is 10.1. The summed E-state index contributed by atoms with van der Waals surface area (Å²) in [5, 5.41) is 0. The van der Waals surface area contributed by atoms with E-state index < -0.39 is 5.91 Å². The Morgan fingerprint density at radius 2 is 1.70 bits per heavy atom. The summed E-state index contributed by atoms with van der Waals surface area (Å²) in [6.07, 6.45) is 0. The average Bonchev–Trinajstić information content (AvgIpc) is 2.51. The summed E-state index contributed by atoms with van der Waals surface area (Å²) in [6.45, 7) is 5.63. The fourth-order valence-corrected chi connectivity index (χ4v) is 2.13. The minimum absolute atomic E-state index is 0.169. The lowest BCUT2D eigenvalue weighted by Gasteiger charge is -2.11. The smallest absolute Gasteiger partial charge is 0.276 e. The van der Waals surface area contributed by atoms with Crippen molar-refractivity contribution in [2.24, 2.45) is 0 Å². The van der Waals surface area contributed by atoms with Crippen molar-refractivity contribution >= 4 is 11.8 Å². The van der Waals surface area contributed by atoms with E-state index in [-0.39, 0.29) is 12.5 Å². The third-order valence-electron chi connectivity index (χ3n) is 3.28. The van der Waals surface area contributed by atoms with E-state index in [9.17, 15) is 9.59 Å². The van der Waals surface area contributed by atoms with Crippen LogP contribution in [0.5, 0.6) is 5.75 Å². The number of aryl methyl sites for hydroxylation is 3. The highest BCUT2D eigenvalue weighted by Gasteiger charge is 2.08. The van der Waals surface area contributed by atoms with Gasteiger partial charge in [0.05, 0.1) is 0 Å². The van der Waals surface area contributed by atoms with Crippen LogP contribution in [0, 0.1) is 20.8 Å². The fraction of sp³-hybridized carbons (Fsp3) is 0.222. The van der Waals surface area contributed by atoms with Crippen LogP contribution < -0.4 is 15.6 Å². The van der Waals surface area contributed by atoms with Crippen molar-refractivity contribution in [3.63, 3.8) is 0 Å². The molecule has 0 saturated carbocycles. The maximum absolute atomic E-state index is 11.9. The topological polar surface area (TPSA) is 67.4 Å². The van der Waals surface area contributed by atoms with E-state index in [1.165, 1.54) is 0 Å².